The number of hydrogen-bond donors (Lipinski definition) is 1. The highest BCUT2D eigenvalue weighted by atomic mass is 32.1. The third-order valence-electron chi connectivity index (χ3n) is 3.14. The van der Waals surface area contributed by atoms with E-state index in [-0.39, 0.29) is 0 Å². The highest BCUT2D eigenvalue weighted by Gasteiger charge is 2.23. The molecule has 0 radical (unpaired) electrons. The van der Waals surface area contributed by atoms with Crippen molar-refractivity contribution in [3.8, 4) is 11.3 Å². The van der Waals surface area contributed by atoms with E-state index in [2.05, 4.69) is 33.0 Å². The van der Waals surface area contributed by atoms with Gasteiger partial charge in [0.25, 0.3) is 0 Å². The van der Waals surface area contributed by atoms with Crippen molar-refractivity contribution in [2.45, 2.75) is 25.9 Å². The topological polar surface area (TPSA) is 29.9 Å². The number of nitrogens with zero attached hydrogens (tertiary/aromatic N) is 2. The minimum atomic E-state index is 0.868. The molecule has 90 valence electrons. The van der Waals surface area contributed by atoms with Crippen LogP contribution in [0.2, 0.25) is 0 Å². The van der Waals surface area contributed by atoms with E-state index >= 15 is 0 Å². The third-order valence-corrected chi connectivity index (χ3v) is 3.82. The fourth-order valence-electron chi connectivity index (χ4n) is 2.08. The predicted octanol–water partition coefficient (Wildman–Crippen LogP) is 2.74. The van der Waals surface area contributed by atoms with Crippen molar-refractivity contribution < 1.29 is 0 Å². The maximum absolute atomic E-state index is 4.73. The van der Waals surface area contributed by atoms with Gasteiger partial charge in [0, 0.05) is 35.8 Å². The van der Waals surface area contributed by atoms with Crippen molar-refractivity contribution in [3.05, 3.63) is 28.6 Å². The van der Waals surface area contributed by atoms with Gasteiger partial charge in [-0.1, -0.05) is 0 Å². The number of nitrogens with one attached hydrogen (secondary N) is 1. The second-order valence-electron chi connectivity index (χ2n) is 4.71. The maximum atomic E-state index is 4.73. The SMILES string of the molecule is CNCc1cn(CC2CC2)nc1-c1ccsc1. The first-order valence-corrected chi connectivity index (χ1v) is 7.04. The third kappa shape index (κ3) is 2.42. The van der Waals surface area contributed by atoms with Gasteiger partial charge >= 0.3 is 0 Å². The maximum Gasteiger partial charge on any atom is 0.0976 e. The molecule has 0 bridgehead atoms. The van der Waals surface area contributed by atoms with Crippen LogP contribution in [-0.4, -0.2) is 16.8 Å². The average Bonchev–Trinajstić information content (AvgIpc) is 2.82. The fourth-order valence-corrected chi connectivity index (χ4v) is 2.72. The van der Waals surface area contributed by atoms with Gasteiger partial charge in [-0.2, -0.15) is 16.4 Å². The lowest BCUT2D eigenvalue weighted by Gasteiger charge is -1.97. The zero-order valence-electron chi connectivity index (χ0n) is 10.0. The normalized spacial score (nSPS) is 15.4. The largest absolute Gasteiger partial charge is 0.316 e. The first-order valence-electron chi connectivity index (χ1n) is 6.10. The minimum Gasteiger partial charge on any atom is -0.316 e. The van der Waals surface area contributed by atoms with Gasteiger partial charge < -0.3 is 5.32 Å². The summed E-state index contributed by atoms with van der Waals surface area (Å²) in [4.78, 5) is 0. The van der Waals surface area contributed by atoms with Crippen molar-refractivity contribution in [2.24, 2.45) is 5.92 Å². The molecular formula is C13H17N3S. The molecule has 1 saturated carbocycles. The predicted molar refractivity (Wildman–Crippen MR) is 71.0 cm³/mol. The Morgan fingerprint density at radius 2 is 2.41 bits per heavy atom. The molecule has 0 aliphatic heterocycles. The summed E-state index contributed by atoms with van der Waals surface area (Å²) < 4.78 is 2.12. The zero-order chi connectivity index (χ0) is 11.7. The summed E-state index contributed by atoms with van der Waals surface area (Å²) in [5.74, 6) is 0.868. The zero-order valence-corrected chi connectivity index (χ0v) is 10.8. The van der Waals surface area contributed by atoms with E-state index in [0.717, 1.165) is 24.7 Å². The average molecular weight is 247 g/mol. The second-order valence-corrected chi connectivity index (χ2v) is 5.49. The van der Waals surface area contributed by atoms with Gasteiger partial charge in [-0.05, 0) is 37.3 Å². The Kier molecular flexibility index (Phi) is 2.99. The summed E-state index contributed by atoms with van der Waals surface area (Å²) in [6, 6.07) is 2.15. The Hall–Kier alpha value is -1.13. The van der Waals surface area contributed by atoms with Crippen LogP contribution in [0.15, 0.2) is 23.0 Å². The summed E-state index contributed by atoms with van der Waals surface area (Å²) in [6.07, 6.45) is 4.94. The molecule has 0 unspecified atom stereocenters. The number of thiophene rings is 1. The molecule has 2 aromatic rings. The highest BCUT2D eigenvalue weighted by molar-refractivity contribution is 7.08. The molecule has 1 N–H and O–H groups in total. The molecular weight excluding hydrogens is 230 g/mol. The van der Waals surface area contributed by atoms with Crippen LogP contribution in [0.1, 0.15) is 18.4 Å². The van der Waals surface area contributed by atoms with Gasteiger partial charge in [-0.3, -0.25) is 4.68 Å². The molecule has 3 nitrogen and oxygen atoms in total. The van der Waals surface area contributed by atoms with Crippen LogP contribution in [-0.2, 0) is 13.1 Å². The summed E-state index contributed by atoms with van der Waals surface area (Å²) in [5.41, 5.74) is 3.68. The molecule has 0 amide bonds. The molecule has 4 heteroatoms. The lowest BCUT2D eigenvalue weighted by atomic mass is 10.1. The molecule has 17 heavy (non-hydrogen) atoms. The molecule has 1 aliphatic rings. The van der Waals surface area contributed by atoms with Gasteiger partial charge in [0.15, 0.2) is 0 Å². The standard InChI is InChI=1S/C13H17N3S/c1-14-6-12-8-16(7-10-2-3-10)15-13(12)11-4-5-17-9-11/h4-5,8-10,14H,2-3,6-7H2,1H3. The number of aromatic nitrogens is 2. The van der Waals surface area contributed by atoms with E-state index in [1.807, 2.05) is 7.05 Å². The van der Waals surface area contributed by atoms with Gasteiger partial charge in [0.05, 0.1) is 5.69 Å². The Bertz CT molecular complexity index is 483. The monoisotopic (exact) mass is 247 g/mol. The van der Waals surface area contributed by atoms with E-state index in [0.29, 0.717) is 0 Å². The van der Waals surface area contributed by atoms with Crippen molar-refractivity contribution in [2.75, 3.05) is 7.05 Å². The lowest BCUT2D eigenvalue weighted by molar-refractivity contribution is 0.564. The van der Waals surface area contributed by atoms with Crippen LogP contribution in [0.3, 0.4) is 0 Å². The van der Waals surface area contributed by atoms with E-state index in [1.54, 1.807) is 11.3 Å². The highest BCUT2D eigenvalue weighted by Crippen LogP contribution is 2.31. The molecule has 2 aromatic heterocycles. The van der Waals surface area contributed by atoms with E-state index < -0.39 is 0 Å². The molecule has 0 saturated heterocycles. The van der Waals surface area contributed by atoms with Crippen molar-refractivity contribution in [3.63, 3.8) is 0 Å². The quantitative estimate of drug-likeness (QED) is 0.880. The van der Waals surface area contributed by atoms with Gasteiger partial charge in [-0.15, -0.1) is 0 Å². The number of rotatable bonds is 5. The fraction of sp³-hybridized carbons (Fsp3) is 0.462. The minimum absolute atomic E-state index is 0.868. The Balaban J connectivity index is 1.90. The molecule has 1 fully saturated rings. The Morgan fingerprint density at radius 3 is 3.06 bits per heavy atom. The first-order chi connectivity index (χ1) is 8.36. The molecule has 0 spiro atoms. The molecule has 0 aromatic carbocycles. The summed E-state index contributed by atoms with van der Waals surface area (Å²) >= 11 is 1.73. The van der Waals surface area contributed by atoms with Crippen LogP contribution in [0.5, 0.6) is 0 Å². The summed E-state index contributed by atoms with van der Waals surface area (Å²) in [7, 11) is 1.98. The first kappa shape index (κ1) is 11.0. The molecule has 2 heterocycles. The molecule has 3 rings (SSSR count). The Morgan fingerprint density at radius 1 is 1.53 bits per heavy atom. The van der Waals surface area contributed by atoms with Gasteiger partial charge in [0.2, 0.25) is 0 Å². The lowest BCUT2D eigenvalue weighted by Crippen LogP contribution is -2.05. The van der Waals surface area contributed by atoms with Crippen LogP contribution in [0.25, 0.3) is 11.3 Å². The molecule has 0 atom stereocenters. The van der Waals surface area contributed by atoms with Crippen LogP contribution in [0.4, 0.5) is 0 Å². The smallest absolute Gasteiger partial charge is 0.0976 e. The van der Waals surface area contributed by atoms with E-state index in [1.165, 1.54) is 24.0 Å². The van der Waals surface area contributed by atoms with Crippen molar-refractivity contribution >= 4 is 11.3 Å². The Labute approximate surface area is 105 Å². The van der Waals surface area contributed by atoms with E-state index in [9.17, 15) is 0 Å². The van der Waals surface area contributed by atoms with Gasteiger partial charge in [0.1, 0.15) is 0 Å². The second kappa shape index (κ2) is 4.63. The van der Waals surface area contributed by atoms with Crippen molar-refractivity contribution in [1.82, 2.24) is 15.1 Å². The van der Waals surface area contributed by atoms with Gasteiger partial charge in [-0.25, -0.2) is 0 Å². The molecule has 1 aliphatic carbocycles. The summed E-state index contributed by atoms with van der Waals surface area (Å²) in [5, 5.41) is 12.2. The van der Waals surface area contributed by atoms with Crippen LogP contribution in [0, 0.1) is 5.92 Å². The number of hydrogen-bond acceptors (Lipinski definition) is 3. The van der Waals surface area contributed by atoms with Crippen LogP contribution < -0.4 is 5.32 Å². The van der Waals surface area contributed by atoms with E-state index in [4.69, 9.17) is 5.10 Å². The summed E-state index contributed by atoms with van der Waals surface area (Å²) in [6.45, 7) is 1.97. The van der Waals surface area contributed by atoms with Crippen molar-refractivity contribution in [1.29, 1.82) is 0 Å². The van der Waals surface area contributed by atoms with Crippen LogP contribution >= 0.6 is 11.3 Å².